The van der Waals surface area contributed by atoms with Crippen LogP contribution >= 0.6 is 11.8 Å². The number of hydrogen-bond acceptors (Lipinski definition) is 23. The van der Waals surface area contributed by atoms with Gasteiger partial charge in [-0.3, -0.25) is 61.8 Å². The Balaban J connectivity index is 1.07. The van der Waals surface area contributed by atoms with Gasteiger partial charge in [-0.05, 0) is 30.0 Å². The maximum Gasteiger partial charge on any atom is 0.314 e. The van der Waals surface area contributed by atoms with E-state index in [1.54, 1.807) is 36.9 Å². The number of hydrogen-bond donors (Lipinski definition) is 12. The Labute approximate surface area is 564 Å². The normalized spacial score (nSPS) is 23.6. The lowest BCUT2D eigenvalue weighted by molar-refractivity contribution is -0.144. The number of aliphatic hydroxyl groups is 3. The smallest absolute Gasteiger partial charge is 0.314 e. The minimum atomic E-state index is -2.44. The van der Waals surface area contributed by atoms with Crippen LogP contribution in [0.3, 0.4) is 0 Å². The highest BCUT2D eigenvalue weighted by Gasteiger charge is 2.45. The quantitative estimate of drug-likeness (QED) is 0.0255. The van der Waals surface area contributed by atoms with E-state index in [1.807, 2.05) is 0 Å². The van der Waals surface area contributed by atoms with Crippen molar-refractivity contribution in [1.82, 2.24) is 67.0 Å². The van der Waals surface area contributed by atoms with Gasteiger partial charge >= 0.3 is 6.03 Å². The number of fused-ring (bicyclic) bond motifs is 5. The summed E-state index contributed by atoms with van der Waals surface area (Å²) < 4.78 is 39.4. The van der Waals surface area contributed by atoms with Crippen LogP contribution in [0.15, 0.2) is 35.5 Å². The van der Waals surface area contributed by atoms with E-state index in [0.29, 0.717) is 66.4 Å². The number of thioether (sulfide) groups is 1. The molecule has 0 aliphatic carbocycles. The number of H-pyrrole nitrogens is 1. The van der Waals surface area contributed by atoms with Gasteiger partial charge in [0.2, 0.25) is 41.4 Å². The van der Waals surface area contributed by atoms with Crippen LogP contribution in [0.5, 0.6) is 5.75 Å². The number of aromatic amines is 1. The maximum absolute atomic E-state index is 15.4. The molecule has 0 spiro atoms. The summed E-state index contributed by atoms with van der Waals surface area (Å²) in [6, 6.07) is -4.27. The molecule has 11 atom stereocenters. The maximum atomic E-state index is 15.4. The summed E-state index contributed by atoms with van der Waals surface area (Å²) >= 11 is 1.36. The molecule has 6 heterocycles. The van der Waals surface area contributed by atoms with E-state index in [2.05, 4.69) is 52.5 Å². The number of nitrogens with one attached hydrogen (secondary N) is 8. The first-order valence-electron chi connectivity index (χ1n) is 31.8. The van der Waals surface area contributed by atoms with Crippen LogP contribution in [-0.4, -0.2) is 254 Å². The molecule has 0 radical (unpaired) electrons. The van der Waals surface area contributed by atoms with E-state index in [4.69, 9.17) is 24.7 Å². The van der Waals surface area contributed by atoms with Gasteiger partial charge in [-0.15, -0.1) is 5.10 Å². The van der Waals surface area contributed by atoms with E-state index < -0.39 is 206 Å². The molecule has 13 N–H and O–H groups in total. The molecule has 7 rings (SSSR count). The second kappa shape index (κ2) is 36.9. The predicted octanol–water partition coefficient (Wildman–Crippen LogP) is -4.14. The second-order valence-electron chi connectivity index (χ2n) is 23.8. The monoisotopic (exact) mass is 1400 g/mol. The van der Waals surface area contributed by atoms with Crippen LogP contribution in [0, 0.1) is 23.7 Å². The van der Waals surface area contributed by atoms with E-state index >= 15 is 9.00 Å². The van der Waals surface area contributed by atoms with Crippen molar-refractivity contribution >= 4 is 104 Å². The highest BCUT2D eigenvalue weighted by Crippen LogP contribution is 2.37. The number of ketones is 2. The fourth-order valence-electron chi connectivity index (χ4n) is 11.4. The molecule has 0 saturated carbocycles. The Hall–Kier alpha value is -8.26. The first kappa shape index (κ1) is 76.1. The molecule has 2 bridgehead atoms. The van der Waals surface area contributed by atoms with Gasteiger partial charge in [0, 0.05) is 91.3 Å². The largest absolute Gasteiger partial charge is 0.496 e. The third-order valence-corrected chi connectivity index (χ3v) is 19.4. The molecule has 97 heavy (non-hydrogen) atoms. The van der Waals surface area contributed by atoms with E-state index in [9.17, 15) is 68.1 Å². The number of imide groups is 1. The average molecular weight is 1400 g/mol. The summed E-state index contributed by atoms with van der Waals surface area (Å²) in [4.78, 5) is 169. The molecule has 2 aromatic heterocycles. The Kier molecular flexibility index (Phi) is 29.0. The van der Waals surface area contributed by atoms with Crippen molar-refractivity contribution in [2.45, 2.75) is 120 Å². The number of ether oxygens (including phenoxy) is 4. The number of benzene rings is 1. The Morgan fingerprint density at radius 1 is 0.856 bits per heavy atom. The summed E-state index contributed by atoms with van der Waals surface area (Å²) in [6.07, 6.45) is -1.47. The number of Topliss-reactive ketones (excluding diaryl/α,β-unsaturated/α-hetero) is 2. The first-order chi connectivity index (χ1) is 46.4. The standard InChI is InChI=1S/C61H86N14O20S2/c1-5-33(2)40-22-37(77)25-65-55(85)35-20-41-39-6-7-48(92-4)42(31-96-19-11-64-61(90)63-10-13-93-15-17-95-18-16-94-14-12-73-27-36(71-72-73)28-75-51(83)8-9-52(75)84)54(39)70-59(41)97(91)32-44(67-50(82)26-66-56(40)86)57(87)68-43(24-49(62)81)60(89)74-29-38(78)23-45(74)58(88)69-53(46(79)21-35)34(3)47(80)30-76/h6-9,27,33-35,38,40,43-45,47,53,70,76,78,80H,5,10-26,28-32H2,1-4H3,(H2,62,81)(H,65,85)(H,66,86)(H,67,82)(H,68,87)(H,69,88)(H2,63,64,90)/t33-,34-,35+,38+,40-,43-,44-,45-,47-,53-,97?/m0/s1. The number of aromatic nitrogens is 4. The van der Waals surface area contributed by atoms with Gasteiger partial charge in [-0.1, -0.05) is 32.4 Å². The Bertz CT molecular complexity index is 3400. The van der Waals surface area contributed by atoms with E-state index in [0.717, 1.165) is 9.80 Å². The van der Waals surface area contributed by atoms with Gasteiger partial charge in [-0.2, -0.15) is 11.8 Å². The lowest BCUT2D eigenvalue weighted by atomic mass is 9.85. The molecular weight excluding hydrogens is 1310 g/mol. The van der Waals surface area contributed by atoms with Crippen LogP contribution in [0.2, 0.25) is 0 Å². The zero-order valence-electron chi connectivity index (χ0n) is 54.3. The van der Waals surface area contributed by atoms with Crippen molar-refractivity contribution in [3.8, 4) is 5.75 Å². The number of carbonyl (C=O) groups excluding carboxylic acids is 12. The van der Waals surface area contributed by atoms with Crippen LogP contribution < -0.4 is 47.7 Å². The number of amides is 11. The number of nitrogens with two attached hydrogens (primary N) is 1. The SMILES string of the molecule is CC[C@H](C)[C@@H]1CC(=O)CNC(=O)[C@H]2CC(=O)[C@H]([C@@H](C)[C@@H](O)CO)NC(=O)[C@@H]3C[C@@H](O)CN3C(=O)[C@H](CC(N)=O)NC(=O)[C@H](CS(=O)c3[nH]c4c(CSCCNC(=O)NCCOCCOCCOCCn5cc(CN6C(=O)C=CC6=O)nn5)c(OC)ccc4c3C2)NC(=O)CNC1=O. The highest BCUT2D eigenvalue weighted by molar-refractivity contribution is 7.98. The van der Waals surface area contributed by atoms with Crippen molar-refractivity contribution in [2.24, 2.45) is 29.4 Å². The van der Waals surface area contributed by atoms with Gasteiger partial charge in [0.05, 0.1) is 132 Å². The number of primary amides is 1. The van der Waals surface area contributed by atoms with E-state index in [1.165, 1.54) is 37.9 Å². The third kappa shape index (κ3) is 21.4. The van der Waals surface area contributed by atoms with Crippen molar-refractivity contribution in [2.75, 3.05) is 97.6 Å². The summed E-state index contributed by atoms with van der Waals surface area (Å²) in [7, 11) is -1.03. The molecule has 1 saturated heterocycles. The van der Waals surface area contributed by atoms with Crippen LogP contribution in [-0.2, 0) is 103 Å². The molecule has 34 nitrogen and oxygen atoms in total. The molecule has 11 amide bonds. The molecule has 4 aliphatic heterocycles. The van der Waals surface area contributed by atoms with E-state index in [-0.39, 0.29) is 55.8 Å². The number of urea groups is 1. The molecule has 1 unspecified atom stereocenters. The molecule has 4 aliphatic rings. The summed E-state index contributed by atoms with van der Waals surface area (Å²) in [5.41, 5.74) is 7.04. The summed E-state index contributed by atoms with van der Waals surface area (Å²) in [5.74, 6) is -13.5. The second-order valence-corrected chi connectivity index (χ2v) is 26.4. The van der Waals surface area contributed by atoms with Crippen molar-refractivity contribution in [1.29, 1.82) is 0 Å². The fraction of sp³-hybridized carbons (Fsp3) is 0.607. The molecule has 36 heteroatoms. The highest BCUT2D eigenvalue weighted by atomic mass is 32.2. The van der Waals surface area contributed by atoms with Gasteiger partial charge in [-0.25, -0.2) is 9.48 Å². The van der Waals surface area contributed by atoms with Crippen LogP contribution in [0.1, 0.15) is 69.7 Å². The minimum absolute atomic E-state index is 0.0197. The fourth-order valence-corrected chi connectivity index (χ4v) is 13.7. The number of nitrogens with zero attached hydrogens (tertiary/aromatic N) is 5. The van der Waals surface area contributed by atoms with Crippen molar-refractivity contribution in [3.05, 3.63) is 47.3 Å². The number of rotatable bonds is 27. The topological polar surface area (TPSA) is 483 Å². The van der Waals surface area contributed by atoms with Gasteiger partial charge < -0.3 is 87.1 Å². The molecule has 532 valence electrons. The number of aliphatic hydroxyl groups excluding tert-OH is 3. The Morgan fingerprint density at radius 2 is 1.55 bits per heavy atom. The zero-order chi connectivity index (χ0) is 70.5. The molecule has 1 aromatic carbocycles. The third-order valence-electron chi connectivity index (χ3n) is 17.0. The number of carbonyl (C=O) groups is 12. The molecule has 1 fully saturated rings. The summed E-state index contributed by atoms with van der Waals surface area (Å²) in [5, 5.41) is 58.3. The van der Waals surface area contributed by atoms with Gasteiger partial charge in [0.1, 0.15) is 34.6 Å². The summed E-state index contributed by atoms with van der Waals surface area (Å²) in [6.45, 7) is 4.41. The first-order valence-corrected chi connectivity index (χ1v) is 34.3. The predicted molar refractivity (Wildman–Crippen MR) is 344 cm³/mol. The molecular formula is C61H86N14O20S2. The zero-order valence-corrected chi connectivity index (χ0v) is 56.0. The van der Waals surface area contributed by atoms with Crippen LogP contribution in [0.4, 0.5) is 4.79 Å². The lowest BCUT2D eigenvalue weighted by Gasteiger charge is -2.32. The Morgan fingerprint density at radius 3 is 2.24 bits per heavy atom. The van der Waals surface area contributed by atoms with Gasteiger partial charge in [0.25, 0.3) is 11.8 Å². The average Bonchev–Trinajstić information content (AvgIpc) is 1.62. The van der Waals surface area contributed by atoms with Crippen LogP contribution in [0.25, 0.3) is 10.9 Å². The lowest BCUT2D eigenvalue weighted by Crippen LogP contribution is -2.60. The number of methoxy groups -OCH3 is 1. The minimum Gasteiger partial charge on any atom is -0.496 e. The van der Waals surface area contributed by atoms with Crippen molar-refractivity contribution < 1.29 is 96.0 Å². The van der Waals surface area contributed by atoms with Crippen molar-refractivity contribution in [3.63, 3.8) is 0 Å². The van der Waals surface area contributed by atoms with Gasteiger partial charge in [0.15, 0.2) is 11.6 Å². The molecule has 3 aromatic rings.